The van der Waals surface area contributed by atoms with E-state index in [1.807, 2.05) is 42.5 Å². The average molecular weight is 695 g/mol. The molecule has 1 atom stereocenters. The van der Waals surface area contributed by atoms with Gasteiger partial charge in [0.05, 0.1) is 22.0 Å². The standard InChI is InChI=1S/C50H38N4/c1-5-19-36-35-24-12-16-30-42(35)54-43-31-17-15-28-40(43)50(32(2)45(36)54)39-27-14-13-26-38(39)49(3,4)44-37(25-18-29-41(44)50)48-52-46(33-20-8-6-9-21-33)51-47(53-48)34-22-10-7-11-23-34/h5-31H,1H2,2-4H3/b36-19-. The van der Waals surface area contributed by atoms with Gasteiger partial charge in [-0.2, -0.15) is 0 Å². The highest BCUT2D eigenvalue weighted by molar-refractivity contribution is 5.91. The first kappa shape index (κ1) is 32.0. The van der Waals surface area contributed by atoms with Crippen LogP contribution in [0.1, 0.15) is 48.6 Å². The maximum absolute atomic E-state index is 5.28. The molecule has 4 heteroatoms. The Balaban J connectivity index is 1.38. The topological polar surface area (TPSA) is 43.6 Å². The number of allylic oxidation sites excluding steroid dienone is 1. The van der Waals surface area contributed by atoms with Gasteiger partial charge in [0.15, 0.2) is 17.5 Å². The SMILES string of the molecule is C=C/C=c1\c2n(c3ccccc13)-c1ccccc1C1(C=2C)c2ccccc2C(C)(C)c2c(-c3nc(-c4ccccc4)nc(-c4ccccc4)n3)cccc21. The van der Waals surface area contributed by atoms with Crippen LogP contribution in [0.25, 0.3) is 62.4 Å². The number of nitrogens with zero attached hydrogens (tertiary/aromatic N) is 4. The van der Waals surface area contributed by atoms with E-state index in [1.165, 1.54) is 60.5 Å². The summed E-state index contributed by atoms with van der Waals surface area (Å²) in [5, 5.41) is 3.60. The quantitative estimate of drug-likeness (QED) is 0.184. The van der Waals surface area contributed by atoms with Crippen molar-refractivity contribution in [1.82, 2.24) is 19.5 Å². The maximum Gasteiger partial charge on any atom is 0.164 e. The van der Waals surface area contributed by atoms with Crippen LogP contribution < -0.4 is 10.6 Å². The Morgan fingerprint density at radius 3 is 1.80 bits per heavy atom. The second-order valence-corrected chi connectivity index (χ2v) is 14.8. The van der Waals surface area contributed by atoms with E-state index in [9.17, 15) is 0 Å². The molecule has 4 nitrogen and oxygen atoms in total. The van der Waals surface area contributed by atoms with Crippen molar-refractivity contribution in [3.05, 3.63) is 203 Å². The van der Waals surface area contributed by atoms with Gasteiger partial charge in [0.2, 0.25) is 0 Å². The summed E-state index contributed by atoms with van der Waals surface area (Å²) in [4.78, 5) is 15.6. The van der Waals surface area contributed by atoms with Gasteiger partial charge in [0, 0.05) is 32.7 Å². The van der Waals surface area contributed by atoms with Crippen LogP contribution in [0.3, 0.4) is 0 Å². The summed E-state index contributed by atoms with van der Waals surface area (Å²) in [6, 6.07) is 54.0. The van der Waals surface area contributed by atoms with Crippen molar-refractivity contribution in [2.45, 2.75) is 31.6 Å². The molecule has 0 saturated carbocycles. The number of fused-ring (bicyclic) bond motifs is 10. The van der Waals surface area contributed by atoms with E-state index in [1.54, 1.807) is 0 Å². The minimum atomic E-state index is -0.611. The minimum Gasteiger partial charge on any atom is -0.309 e. The third-order valence-corrected chi connectivity index (χ3v) is 11.7. The molecule has 0 N–H and O–H groups in total. The van der Waals surface area contributed by atoms with Crippen LogP contribution in [0.4, 0.5) is 0 Å². The fourth-order valence-electron chi connectivity index (χ4n) is 9.52. The van der Waals surface area contributed by atoms with Crippen molar-refractivity contribution in [3.8, 4) is 39.9 Å². The molecule has 1 aliphatic carbocycles. The molecule has 6 aromatic carbocycles. The molecule has 10 rings (SSSR count). The van der Waals surface area contributed by atoms with Gasteiger partial charge >= 0.3 is 0 Å². The molecule has 258 valence electrons. The zero-order chi connectivity index (χ0) is 36.6. The summed E-state index contributed by atoms with van der Waals surface area (Å²) in [6.07, 6.45) is 4.10. The molecule has 8 aromatic rings. The zero-order valence-electron chi connectivity index (χ0n) is 30.6. The largest absolute Gasteiger partial charge is 0.309 e. The van der Waals surface area contributed by atoms with E-state index in [0.29, 0.717) is 17.5 Å². The number of hydrogen-bond donors (Lipinski definition) is 0. The minimum absolute atomic E-state index is 0.393. The molecule has 0 saturated heterocycles. The molecule has 0 fully saturated rings. The van der Waals surface area contributed by atoms with Crippen LogP contribution in [-0.4, -0.2) is 19.5 Å². The first-order chi connectivity index (χ1) is 26.4. The van der Waals surface area contributed by atoms with Crippen molar-refractivity contribution in [3.63, 3.8) is 0 Å². The summed E-state index contributed by atoms with van der Waals surface area (Å²) in [6.45, 7) is 11.2. The number of aromatic nitrogens is 4. The Labute approximate surface area is 315 Å². The highest BCUT2D eigenvalue weighted by Gasteiger charge is 2.52. The van der Waals surface area contributed by atoms with E-state index in [0.717, 1.165) is 16.7 Å². The van der Waals surface area contributed by atoms with Gasteiger partial charge in [-0.05, 0) is 52.4 Å². The number of rotatable bonds is 4. The van der Waals surface area contributed by atoms with Gasteiger partial charge in [0.25, 0.3) is 0 Å². The number of hydrogen-bond acceptors (Lipinski definition) is 3. The fourth-order valence-corrected chi connectivity index (χ4v) is 9.52. The van der Waals surface area contributed by atoms with E-state index >= 15 is 0 Å². The highest BCUT2D eigenvalue weighted by Crippen LogP contribution is 2.59. The Morgan fingerprint density at radius 2 is 1.11 bits per heavy atom. The van der Waals surface area contributed by atoms with Crippen molar-refractivity contribution < 1.29 is 0 Å². The lowest BCUT2D eigenvalue weighted by Gasteiger charge is -2.50. The fraction of sp³-hybridized carbons (Fsp3) is 0.100. The molecule has 2 aromatic heterocycles. The van der Waals surface area contributed by atoms with Gasteiger partial charge in [0.1, 0.15) is 0 Å². The molecule has 0 radical (unpaired) electrons. The van der Waals surface area contributed by atoms with Crippen molar-refractivity contribution in [2.24, 2.45) is 0 Å². The highest BCUT2D eigenvalue weighted by atomic mass is 15.0. The summed E-state index contributed by atoms with van der Waals surface area (Å²) >= 11 is 0. The molecular formula is C50H38N4. The second kappa shape index (κ2) is 11.9. The summed E-state index contributed by atoms with van der Waals surface area (Å²) < 4.78 is 2.47. The lowest BCUT2D eigenvalue weighted by atomic mass is 9.53. The third-order valence-electron chi connectivity index (χ3n) is 11.7. The molecule has 54 heavy (non-hydrogen) atoms. The van der Waals surface area contributed by atoms with Crippen LogP contribution in [0.15, 0.2) is 164 Å². The average Bonchev–Trinajstić information content (AvgIpc) is 3.55. The van der Waals surface area contributed by atoms with Gasteiger partial charge in [-0.1, -0.05) is 172 Å². The van der Waals surface area contributed by atoms with Crippen molar-refractivity contribution in [1.29, 1.82) is 0 Å². The number of benzene rings is 6. The maximum atomic E-state index is 5.28. The molecule has 0 bridgehead atoms. The monoisotopic (exact) mass is 694 g/mol. The Morgan fingerprint density at radius 1 is 0.556 bits per heavy atom. The van der Waals surface area contributed by atoms with E-state index < -0.39 is 10.8 Å². The first-order valence-corrected chi connectivity index (χ1v) is 18.6. The predicted octanol–water partition coefficient (Wildman–Crippen LogP) is 9.94. The lowest BCUT2D eigenvalue weighted by Crippen LogP contribution is -2.49. The lowest BCUT2D eigenvalue weighted by molar-refractivity contribution is 0.565. The van der Waals surface area contributed by atoms with Gasteiger partial charge in [-0.25, -0.2) is 15.0 Å². The molecule has 1 spiro atoms. The molecule has 3 heterocycles. The van der Waals surface area contributed by atoms with E-state index in [2.05, 4.69) is 153 Å². The molecule has 1 aliphatic heterocycles. The summed E-state index contributed by atoms with van der Waals surface area (Å²) in [7, 11) is 0. The molecule has 1 unspecified atom stereocenters. The van der Waals surface area contributed by atoms with Crippen LogP contribution in [-0.2, 0) is 10.8 Å². The summed E-state index contributed by atoms with van der Waals surface area (Å²) in [5.41, 5.74) is 11.9. The van der Waals surface area contributed by atoms with E-state index in [4.69, 9.17) is 15.0 Å². The number of para-hydroxylation sites is 2. The van der Waals surface area contributed by atoms with Gasteiger partial charge in [-0.15, -0.1) is 0 Å². The molecule has 0 amide bonds. The van der Waals surface area contributed by atoms with Crippen molar-refractivity contribution in [2.75, 3.05) is 0 Å². The van der Waals surface area contributed by atoms with Crippen LogP contribution in [0.5, 0.6) is 0 Å². The third kappa shape index (κ3) is 4.34. The second-order valence-electron chi connectivity index (χ2n) is 14.8. The van der Waals surface area contributed by atoms with Crippen LogP contribution in [0.2, 0.25) is 0 Å². The normalized spacial score (nSPS) is 16.8. The van der Waals surface area contributed by atoms with Gasteiger partial charge < -0.3 is 4.57 Å². The Kier molecular flexibility index (Phi) is 7.08. The summed E-state index contributed by atoms with van der Waals surface area (Å²) in [5.74, 6) is 1.97. The van der Waals surface area contributed by atoms with Crippen LogP contribution in [0, 0.1) is 0 Å². The van der Waals surface area contributed by atoms with Gasteiger partial charge in [-0.3, -0.25) is 0 Å². The van der Waals surface area contributed by atoms with Crippen molar-refractivity contribution >= 4 is 22.6 Å². The predicted molar refractivity (Wildman–Crippen MR) is 221 cm³/mol. The molecular weight excluding hydrogens is 657 g/mol. The first-order valence-electron chi connectivity index (χ1n) is 18.6. The Hall–Kier alpha value is -6.65. The van der Waals surface area contributed by atoms with E-state index in [-0.39, 0.29) is 0 Å². The van der Waals surface area contributed by atoms with Crippen LogP contribution >= 0.6 is 0 Å². The zero-order valence-corrected chi connectivity index (χ0v) is 30.6. The molecule has 2 aliphatic rings. The smallest absolute Gasteiger partial charge is 0.164 e. The Bertz CT molecular complexity index is 2880.